The van der Waals surface area contributed by atoms with Crippen LogP contribution in [-0.2, 0) is 19.1 Å². The van der Waals surface area contributed by atoms with Crippen LogP contribution in [0.15, 0.2) is 24.3 Å². The van der Waals surface area contributed by atoms with Gasteiger partial charge in [0.15, 0.2) is 6.61 Å². The first-order valence-corrected chi connectivity index (χ1v) is 10.3. The van der Waals surface area contributed by atoms with E-state index in [2.05, 4.69) is 10.7 Å². The van der Waals surface area contributed by atoms with E-state index in [1.807, 2.05) is 0 Å². The monoisotopic (exact) mass is 448 g/mol. The van der Waals surface area contributed by atoms with Gasteiger partial charge in [0.25, 0.3) is 17.7 Å². The molecular formula is C21H25FN4O6. The Morgan fingerprint density at radius 2 is 1.81 bits per heavy atom. The van der Waals surface area contributed by atoms with Crippen LogP contribution in [0.2, 0.25) is 0 Å². The predicted octanol–water partition coefficient (Wildman–Crippen LogP) is 0.973. The van der Waals surface area contributed by atoms with E-state index in [4.69, 9.17) is 4.74 Å². The minimum Gasteiger partial charge on any atom is -0.455 e. The van der Waals surface area contributed by atoms with E-state index in [1.165, 1.54) is 24.3 Å². The van der Waals surface area contributed by atoms with Crippen LogP contribution in [-0.4, -0.2) is 64.9 Å². The molecule has 2 aliphatic rings. The lowest BCUT2D eigenvalue weighted by Crippen LogP contribution is -2.49. The molecule has 0 unspecified atom stereocenters. The van der Waals surface area contributed by atoms with Crippen molar-refractivity contribution in [1.29, 1.82) is 0 Å². The molecule has 10 nitrogen and oxygen atoms in total. The maximum Gasteiger partial charge on any atom is 0.344 e. The van der Waals surface area contributed by atoms with Crippen molar-refractivity contribution in [2.45, 2.75) is 38.6 Å². The molecule has 2 N–H and O–H groups in total. The molecule has 0 aliphatic carbocycles. The van der Waals surface area contributed by atoms with Crippen LogP contribution in [0.3, 0.4) is 0 Å². The number of nitrogens with zero attached hydrogens (tertiary/aromatic N) is 2. The summed E-state index contributed by atoms with van der Waals surface area (Å²) in [6, 6.07) is 4.49. The topological polar surface area (TPSA) is 125 Å². The molecule has 1 aromatic carbocycles. The van der Waals surface area contributed by atoms with Crippen molar-refractivity contribution < 1.29 is 33.1 Å². The fourth-order valence-corrected chi connectivity index (χ4v) is 3.53. The summed E-state index contributed by atoms with van der Waals surface area (Å²) in [5.74, 6) is -3.16. The summed E-state index contributed by atoms with van der Waals surface area (Å²) >= 11 is 0. The van der Waals surface area contributed by atoms with Gasteiger partial charge in [-0.2, -0.15) is 5.01 Å². The molecule has 2 saturated heterocycles. The first-order valence-electron chi connectivity index (χ1n) is 10.3. The Bertz CT molecular complexity index is 929. The van der Waals surface area contributed by atoms with Crippen molar-refractivity contribution in [3.63, 3.8) is 0 Å². The molecule has 0 saturated carbocycles. The van der Waals surface area contributed by atoms with Gasteiger partial charge in [0, 0.05) is 18.7 Å². The van der Waals surface area contributed by atoms with Gasteiger partial charge in [-0.25, -0.2) is 9.18 Å². The molecule has 172 valence electrons. The molecule has 32 heavy (non-hydrogen) atoms. The van der Waals surface area contributed by atoms with Gasteiger partial charge in [-0.05, 0) is 50.5 Å². The molecule has 11 heteroatoms. The number of nitrogens with one attached hydrogen (secondary N) is 2. The van der Waals surface area contributed by atoms with Gasteiger partial charge in [-0.15, -0.1) is 0 Å². The zero-order valence-electron chi connectivity index (χ0n) is 17.9. The van der Waals surface area contributed by atoms with Gasteiger partial charge in [0.1, 0.15) is 11.4 Å². The third-order valence-electron chi connectivity index (χ3n) is 5.76. The summed E-state index contributed by atoms with van der Waals surface area (Å²) in [6.07, 6.45) is 1.06. The van der Waals surface area contributed by atoms with E-state index in [-0.39, 0.29) is 5.91 Å². The second kappa shape index (κ2) is 9.33. The minimum atomic E-state index is -1.10. The maximum absolute atomic E-state index is 13.0. The van der Waals surface area contributed by atoms with E-state index in [0.29, 0.717) is 42.9 Å². The molecular weight excluding hydrogens is 423 g/mol. The zero-order chi connectivity index (χ0) is 23.5. The number of urea groups is 1. The van der Waals surface area contributed by atoms with Crippen LogP contribution in [0.25, 0.3) is 0 Å². The molecule has 0 spiro atoms. The Balaban J connectivity index is 1.44. The number of rotatable bonds is 6. The second-order valence-electron chi connectivity index (χ2n) is 7.97. The number of esters is 1. The lowest BCUT2D eigenvalue weighted by atomic mass is 9.96. The summed E-state index contributed by atoms with van der Waals surface area (Å²) in [5, 5.41) is 3.08. The number of amides is 5. The van der Waals surface area contributed by atoms with Gasteiger partial charge in [-0.1, -0.05) is 6.92 Å². The Kier molecular flexibility index (Phi) is 6.75. The molecule has 2 heterocycles. The van der Waals surface area contributed by atoms with Gasteiger partial charge >= 0.3 is 12.0 Å². The minimum absolute atomic E-state index is 0.246. The highest BCUT2D eigenvalue weighted by atomic mass is 19.1. The van der Waals surface area contributed by atoms with E-state index < -0.39 is 47.7 Å². The number of benzene rings is 1. The molecule has 5 amide bonds. The van der Waals surface area contributed by atoms with Gasteiger partial charge < -0.3 is 15.0 Å². The zero-order valence-corrected chi connectivity index (χ0v) is 17.9. The second-order valence-corrected chi connectivity index (χ2v) is 7.97. The lowest BCUT2D eigenvalue weighted by molar-refractivity contribution is -0.155. The molecule has 2 fully saturated rings. The Morgan fingerprint density at radius 1 is 1.19 bits per heavy atom. The average molecular weight is 448 g/mol. The summed E-state index contributed by atoms with van der Waals surface area (Å²) in [7, 11) is 0. The number of ether oxygens (including phenoxy) is 1. The number of hydrogen-bond donors (Lipinski definition) is 2. The third-order valence-corrected chi connectivity index (χ3v) is 5.76. The Hall–Kier alpha value is -3.50. The van der Waals surface area contributed by atoms with Crippen molar-refractivity contribution in [3.8, 4) is 0 Å². The largest absolute Gasteiger partial charge is 0.455 e. The molecule has 3 rings (SSSR count). The van der Waals surface area contributed by atoms with Crippen molar-refractivity contribution in [1.82, 2.24) is 20.7 Å². The standard InChI is InChI=1S/C21H25FN4O6/c1-3-21(2)19(30)26(20(31)23-21)24-16(27)12-32-18(29)14-8-10-25(11-9-14)17(28)13-4-6-15(22)7-5-13/h4-7,14H,3,8-12H2,1-2H3,(H,23,31)(H,24,27)/t21-/m0/s1. The highest BCUT2D eigenvalue weighted by Gasteiger charge is 2.47. The van der Waals surface area contributed by atoms with Crippen molar-refractivity contribution in [3.05, 3.63) is 35.6 Å². The van der Waals surface area contributed by atoms with Crippen LogP contribution < -0.4 is 10.7 Å². The average Bonchev–Trinajstić information content (AvgIpc) is 3.01. The molecule has 0 aromatic heterocycles. The number of hydrogen-bond acceptors (Lipinski definition) is 6. The Labute approximate surface area is 184 Å². The first kappa shape index (κ1) is 23.2. The number of halogens is 1. The van der Waals surface area contributed by atoms with Crippen LogP contribution >= 0.6 is 0 Å². The smallest absolute Gasteiger partial charge is 0.344 e. The summed E-state index contributed by atoms with van der Waals surface area (Å²) in [5.41, 5.74) is 1.41. The molecule has 2 aliphatic heterocycles. The third kappa shape index (κ3) is 4.87. The van der Waals surface area contributed by atoms with Gasteiger partial charge in [0.2, 0.25) is 0 Å². The number of piperidine rings is 1. The van der Waals surface area contributed by atoms with E-state index >= 15 is 0 Å². The van der Waals surface area contributed by atoms with Gasteiger partial charge in [0.05, 0.1) is 5.92 Å². The number of carbonyl (C=O) groups is 5. The first-order chi connectivity index (χ1) is 15.1. The lowest BCUT2D eigenvalue weighted by Gasteiger charge is -2.31. The van der Waals surface area contributed by atoms with E-state index in [1.54, 1.807) is 18.7 Å². The molecule has 0 radical (unpaired) electrons. The fraction of sp³-hybridized carbons (Fsp3) is 0.476. The van der Waals surface area contributed by atoms with E-state index in [9.17, 15) is 28.4 Å². The quantitative estimate of drug-likeness (QED) is 0.494. The normalized spacial score (nSPS) is 21.3. The summed E-state index contributed by atoms with van der Waals surface area (Å²) in [4.78, 5) is 62.6. The van der Waals surface area contributed by atoms with Crippen molar-refractivity contribution in [2.24, 2.45) is 5.92 Å². The SMILES string of the molecule is CC[C@]1(C)NC(=O)N(NC(=O)COC(=O)C2CCN(C(=O)c3ccc(F)cc3)CC2)C1=O. The summed E-state index contributed by atoms with van der Waals surface area (Å²) < 4.78 is 18.1. The van der Waals surface area contributed by atoms with Crippen LogP contribution in [0, 0.1) is 11.7 Å². The number of hydrazine groups is 1. The molecule has 0 bridgehead atoms. The maximum atomic E-state index is 13.0. The van der Waals surface area contributed by atoms with Crippen molar-refractivity contribution in [2.75, 3.05) is 19.7 Å². The Morgan fingerprint density at radius 3 is 2.38 bits per heavy atom. The van der Waals surface area contributed by atoms with Gasteiger partial charge in [-0.3, -0.25) is 24.6 Å². The van der Waals surface area contributed by atoms with Crippen molar-refractivity contribution >= 4 is 29.7 Å². The molecule has 1 aromatic rings. The molecule has 1 atom stereocenters. The summed E-state index contributed by atoms with van der Waals surface area (Å²) in [6.45, 7) is 3.27. The number of carbonyl (C=O) groups excluding carboxylic acids is 5. The number of likely N-dealkylation sites (tertiary alicyclic amines) is 1. The fourth-order valence-electron chi connectivity index (χ4n) is 3.53. The predicted molar refractivity (Wildman–Crippen MR) is 108 cm³/mol. The number of imide groups is 1. The highest BCUT2D eigenvalue weighted by Crippen LogP contribution is 2.21. The van der Waals surface area contributed by atoms with Crippen LogP contribution in [0.5, 0.6) is 0 Å². The van der Waals surface area contributed by atoms with E-state index in [0.717, 1.165) is 0 Å². The van der Waals surface area contributed by atoms with Crippen LogP contribution in [0.4, 0.5) is 9.18 Å². The highest BCUT2D eigenvalue weighted by molar-refractivity contribution is 6.07. The van der Waals surface area contributed by atoms with Crippen LogP contribution in [0.1, 0.15) is 43.5 Å².